The first-order chi connectivity index (χ1) is 11.3. The number of amides is 2. The van der Waals surface area contributed by atoms with Crippen LogP contribution in [0, 0.1) is 5.41 Å². The molecule has 6 heteroatoms. The van der Waals surface area contributed by atoms with Crippen molar-refractivity contribution < 1.29 is 14.7 Å². The Hall–Kier alpha value is -2.18. The second kappa shape index (κ2) is 7.59. The van der Waals surface area contributed by atoms with Crippen LogP contribution >= 0.6 is 11.3 Å². The van der Waals surface area contributed by atoms with Gasteiger partial charge in [0.25, 0.3) is 5.91 Å². The third-order valence-electron chi connectivity index (χ3n) is 3.45. The second-order valence-corrected chi connectivity index (χ2v) is 7.35. The van der Waals surface area contributed by atoms with E-state index in [-0.39, 0.29) is 18.4 Å². The Kier molecular flexibility index (Phi) is 5.75. The summed E-state index contributed by atoms with van der Waals surface area (Å²) in [6.45, 7) is 5.61. The molecule has 1 heterocycles. The van der Waals surface area contributed by atoms with Gasteiger partial charge >= 0.3 is 0 Å². The van der Waals surface area contributed by atoms with E-state index in [2.05, 4.69) is 10.6 Å². The Morgan fingerprint density at radius 1 is 1.25 bits per heavy atom. The van der Waals surface area contributed by atoms with Crippen molar-refractivity contribution in [3.8, 4) is 0 Å². The van der Waals surface area contributed by atoms with E-state index in [9.17, 15) is 14.7 Å². The fourth-order valence-electron chi connectivity index (χ4n) is 1.93. The number of carbonyl (C=O) groups excluding carboxylic acids is 2. The Balaban J connectivity index is 1.97. The molecule has 0 saturated heterocycles. The molecule has 5 nitrogen and oxygen atoms in total. The fraction of sp³-hybridized carbons (Fsp3) is 0.333. The number of thiophene rings is 1. The van der Waals surface area contributed by atoms with Crippen LogP contribution in [-0.2, 0) is 4.79 Å². The van der Waals surface area contributed by atoms with E-state index in [1.54, 1.807) is 24.3 Å². The predicted molar refractivity (Wildman–Crippen MR) is 96.1 cm³/mol. The summed E-state index contributed by atoms with van der Waals surface area (Å²) in [6, 6.07) is 8.56. The van der Waals surface area contributed by atoms with Crippen LogP contribution in [-0.4, -0.2) is 23.5 Å². The van der Waals surface area contributed by atoms with Gasteiger partial charge in [-0.1, -0.05) is 26.8 Å². The van der Waals surface area contributed by atoms with Gasteiger partial charge in [-0.05, 0) is 40.6 Å². The van der Waals surface area contributed by atoms with Crippen LogP contribution in [0.1, 0.15) is 42.8 Å². The zero-order chi connectivity index (χ0) is 17.7. The minimum atomic E-state index is -0.732. The van der Waals surface area contributed by atoms with E-state index in [0.29, 0.717) is 11.3 Å². The Bertz CT molecular complexity index is 705. The highest BCUT2D eigenvalue weighted by atomic mass is 32.1. The standard InChI is InChI=1S/C18H22N2O3S/c1-18(2,3)17(23)20-14-6-4-5-12(9-14)16(22)19-10-15(21)13-7-8-24-11-13/h4-9,11,15,21H,10H2,1-3H3,(H,19,22)(H,20,23). The maximum Gasteiger partial charge on any atom is 0.251 e. The van der Waals surface area contributed by atoms with Crippen molar-refractivity contribution in [3.63, 3.8) is 0 Å². The molecule has 2 rings (SSSR count). The molecule has 0 radical (unpaired) electrons. The lowest BCUT2D eigenvalue weighted by atomic mass is 9.95. The van der Waals surface area contributed by atoms with Gasteiger partial charge in [0.05, 0.1) is 6.10 Å². The number of aliphatic hydroxyl groups is 1. The van der Waals surface area contributed by atoms with Crippen LogP contribution in [0.3, 0.4) is 0 Å². The maximum atomic E-state index is 12.2. The van der Waals surface area contributed by atoms with Crippen molar-refractivity contribution >= 4 is 28.8 Å². The highest BCUT2D eigenvalue weighted by Gasteiger charge is 2.21. The van der Waals surface area contributed by atoms with Crippen molar-refractivity contribution in [1.82, 2.24) is 5.32 Å². The van der Waals surface area contributed by atoms with Gasteiger partial charge in [0.15, 0.2) is 0 Å². The topological polar surface area (TPSA) is 78.4 Å². The molecule has 1 atom stereocenters. The number of carbonyl (C=O) groups is 2. The van der Waals surface area contributed by atoms with Gasteiger partial charge in [0.2, 0.25) is 5.91 Å². The summed E-state index contributed by atoms with van der Waals surface area (Å²) in [5.74, 6) is -0.413. The van der Waals surface area contributed by atoms with E-state index in [1.807, 2.05) is 37.6 Å². The van der Waals surface area contributed by atoms with Crippen LogP contribution < -0.4 is 10.6 Å². The molecule has 0 aliphatic rings. The molecule has 1 unspecified atom stereocenters. The van der Waals surface area contributed by atoms with Crippen molar-refractivity contribution in [3.05, 3.63) is 52.2 Å². The van der Waals surface area contributed by atoms with E-state index < -0.39 is 11.5 Å². The van der Waals surface area contributed by atoms with Crippen LogP contribution in [0.5, 0.6) is 0 Å². The van der Waals surface area contributed by atoms with E-state index in [0.717, 1.165) is 5.56 Å². The predicted octanol–water partition coefficient (Wildman–Crippen LogP) is 3.20. The number of benzene rings is 1. The second-order valence-electron chi connectivity index (χ2n) is 6.57. The van der Waals surface area contributed by atoms with Crippen molar-refractivity contribution in [2.24, 2.45) is 5.41 Å². The van der Waals surface area contributed by atoms with Gasteiger partial charge in [-0.15, -0.1) is 0 Å². The fourth-order valence-corrected chi connectivity index (χ4v) is 2.64. The molecule has 1 aromatic heterocycles. The molecule has 0 saturated carbocycles. The highest BCUT2D eigenvalue weighted by Crippen LogP contribution is 2.19. The first-order valence-electron chi connectivity index (χ1n) is 7.67. The summed E-state index contributed by atoms with van der Waals surface area (Å²) in [4.78, 5) is 24.2. The smallest absolute Gasteiger partial charge is 0.251 e. The maximum absolute atomic E-state index is 12.2. The molecule has 0 spiro atoms. The van der Waals surface area contributed by atoms with Crippen molar-refractivity contribution in [2.75, 3.05) is 11.9 Å². The van der Waals surface area contributed by atoms with Crippen LogP contribution in [0.2, 0.25) is 0 Å². The average Bonchev–Trinajstić information content (AvgIpc) is 3.06. The molecule has 0 bridgehead atoms. The molecule has 1 aromatic carbocycles. The first kappa shape index (κ1) is 18.2. The SMILES string of the molecule is CC(C)(C)C(=O)Nc1cccc(C(=O)NCC(O)c2ccsc2)c1. The van der Waals surface area contributed by atoms with Gasteiger partial charge in [0, 0.05) is 23.2 Å². The van der Waals surface area contributed by atoms with Crippen LogP contribution in [0.15, 0.2) is 41.1 Å². The van der Waals surface area contributed by atoms with Crippen molar-refractivity contribution in [1.29, 1.82) is 0 Å². The minimum absolute atomic E-state index is 0.118. The summed E-state index contributed by atoms with van der Waals surface area (Å²) in [7, 11) is 0. The summed E-state index contributed by atoms with van der Waals surface area (Å²) < 4.78 is 0. The van der Waals surface area contributed by atoms with E-state index in [4.69, 9.17) is 0 Å². The molecule has 0 fully saturated rings. The summed E-state index contributed by atoms with van der Waals surface area (Å²) in [5, 5.41) is 19.2. The van der Waals surface area contributed by atoms with Gasteiger partial charge < -0.3 is 15.7 Å². The number of nitrogens with one attached hydrogen (secondary N) is 2. The lowest BCUT2D eigenvalue weighted by Gasteiger charge is -2.18. The highest BCUT2D eigenvalue weighted by molar-refractivity contribution is 7.07. The largest absolute Gasteiger partial charge is 0.387 e. The summed E-state index contributed by atoms with van der Waals surface area (Å²) in [6.07, 6.45) is -0.732. The lowest BCUT2D eigenvalue weighted by molar-refractivity contribution is -0.123. The molecule has 3 N–H and O–H groups in total. The van der Waals surface area contributed by atoms with Gasteiger partial charge in [-0.2, -0.15) is 11.3 Å². The normalized spacial score (nSPS) is 12.5. The zero-order valence-corrected chi connectivity index (χ0v) is 14.8. The molecular formula is C18H22N2O3S. The van der Waals surface area contributed by atoms with Gasteiger partial charge in [-0.3, -0.25) is 9.59 Å². The molecular weight excluding hydrogens is 324 g/mol. The molecule has 24 heavy (non-hydrogen) atoms. The van der Waals surface area contributed by atoms with Gasteiger partial charge in [-0.25, -0.2) is 0 Å². The summed E-state index contributed by atoms with van der Waals surface area (Å²) in [5.41, 5.74) is 1.27. The summed E-state index contributed by atoms with van der Waals surface area (Å²) >= 11 is 1.50. The van der Waals surface area contributed by atoms with E-state index >= 15 is 0 Å². The number of hydrogen-bond donors (Lipinski definition) is 3. The number of hydrogen-bond acceptors (Lipinski definition) is 4. The Morgan fingerprint density at radius 3 is 2.62 bits per heavy atom. The Labute approximate surface area is 145 Å². The molecule has 2 aromatic rings. The monoisotopic (exact) mass is 346 g/mol. The number of anilines is 1. The van der Waals surface area contributed by atoms with Crippen molar-refractivity contribution in [2.45, 2.75) is 26.9 Å². The van der Waals surface area contributed by atoms with Crippen LogP contribution in [0.4, 0.5) is 5.69 Å². The van der Waals surface area contributed by atoms with Gasteiger partial charge in [0.1, 0.15) is 0 Å². The molecule has 0 aliphatic carbocycles. The average molecular weight is 346 g/mol. The molecule has 2 amide bonds. The third kappa shape index (κ3) is 4.91. The minimum Gasteiger partial charge on any atom is -0.387 e. The Morgan fingerprint density at radius 2 is 2.00 bits per heavy atom. The zero-order valence-electron chi connectivity index (χ0n) is 14.0. The number of aliphatic hydroxyl groups excluding tert-OH is 1. The quantitative estimate of drug-likeness (QED) is 0.778. The van der Waals surface area contributed by atoms with E-state index in [1.165, 1.54) is 11.3 Å². The molecule has 0 aliphatic heterocycles. The number of rotatable bonds is 5. The lowest BCUT2D eigenvalue weighted by Crippen LogP contribution is -2.29. The first-order valence-corrected chi connectivity index (χ1v) is 8.61. The molecule has 128 valence electrons. The van der Waals surface area contributed by atoms with Crippen LogP contribution in [0.25, 0.3) is 0 Å². The third-order valence-corrected chi connectivity index (χ3v) is 4.15.